The Bertz CT molecular complexity index is 461. The summed E-state index contributed by atoms with van der Waals surface area (Å²) in [5.74, 6) is 0.0473. The third kappa shape index (κ3) is 4.37. The van der Waals surface area contributed by atoms with E-state index in [1.54, 1.807) is 6.07 Å². The summed E-state index contributed by atoms with van der Waals surface area (Å²) in [5.41, 5.74) is 0.979. The van der Waals surface area contributed by atoms with E-state index >= 15 is 0 Å². The molecule has 104 valence electrons. The summed E-state index contributed by atoms with van der Waals surface area (Å²) in [6.07, 6.45) is 3.07. The van der Waals surface area contributed by atoms with Crippen molar-refractivity contribution in [2.45, 2.75) is 38.3 Å². The summed E-state index contributed by atoms with van der Waals surface area (Å²) >= 11 is 12.1. The topological polar surface area (TPSA) is 41.1 Å². The number of nitrogens with one attached hydrogen (secondary N) is 2. The fourth-order valence-corrected chi connectivity index (χ4v) is 2.52. The molecule has 2 rings (SSSR count). The summed E-state index contributed by atoms with van der Waals surface area (Å²) in [6.45, 7) is 2.37. The van der Waals surface area contributed by atoms with E-state index in [-0.39, 0.29) is 11.9 Å². The van der Waals surface area contributed by atoms with Crippen LogP contribution in [-0.2, 0) is 4.79 Å². The maximum Gasteiger partial charge on any atom is 0.234 e. The van der Waals surface area contributed by atoms with Crippen molar-refractivity contribution >= 4 is 29.1 Å². The molecule has 1 aromatic rings. The fraction of sp³-hybridized carbons (Fsp3) is 0.500. The zero-order chi connectivity index (χ0) is 13.8. The van der Waals surface area contributed by atoms with E-state index in [9.17, 15) is 4.79 Å². The summed E-state index contributed by atoms with van der Waals surface area (Å²) in [5, 5.41) is 7.45. The first-order valence-corrected chi connectivity index (χ1v) is 7.33. The molecule has 0 saturated heterocycles. The number of benzene rings is 1. The van der Waals surface area contributed by atoms with Gasteiger partial charge in [0, 0.05) is 22.1 Å². The summed E-state index contributed by atoms with van der Waals surface area (Å²) in [4.78, 5) is 11.7. The molecule has 3 nitrogen and oxygen atoms in total. The van der Waals surface area contributed by atoms with Crippen LogP contribution in [0.2, 0.25) is 10.0 Å². The molecule has 1 aliphatic rings. The molecule has 1 atom stereocenters. The van der Waals surface area contributed by atoms with E-state index in [4.69, 9.17) is 23.2 Å². The normalized spacial score (nSPS) is 16.2. The first-order valence-electron chi connectivity index (χ1n) is 6.58. The van der Waals surface area contributed by atoms with Crippen LogP contribution in [0, 0.1) is 0 Å². The van der Waals surface area contributed by atoms with Crippen LogP contribution in [-0.4, -0.2) is 18.5 Å². The standard InChI is InChI=1S/C14H18Cl2N2O/c1-2-13(11-6-3-9(15)7-12(11)16)17-8-14(19)18-10-4-5-10/h3,6-7,10,13,17H,2,4-5,8H2,1H3,(H,18,19). The van der Waals surface area contributed by atoms with E-state index < -0.39 is 0 Å². The van der Waals surface area contributed by atoms with Crippen molar-refractivity contribution in [2.75, 3.05) is 6.54 Å². The number of carbonyl (C=O) groups excluding carboxylic acids is 1. The number of carbonyl (C=O) groups is 1. The minimum Gasteiger partial charge on any atom is -0.352 e. The second-order valence-corrected chi connectivity index (χ2v) is 5.69. The van der Waals surface area contributed by atoms with Gasteiger partial charge in [0.25, 0.3) is 0 Å². The summed E-state index contributed by atoms with van der Waals surface area (Å²) in [6, 6.07) is 5.91. The lowest BCUT2D eigenvalue weighted by molar-refractivity contribution is -0.120. The molecule has 2 N–H and O–H groups in total. The van der Waals surface area contributed by atoms with E-state index in [2.05, 4.69) is 17.6 Å². The monoisotopic (exact) mass is 300 g/mol. The maximum atomic E-state index is 11.7. The lowest BCUT2D eigenvalue weighted by atomic mass is 10.0. The van der Waals surface area contributed by atoms with Gasteiger partial charge in [-0.3, -0.25) is 4.79 Å². The highest BCUT2D eigenvalue weighted by molar-refractivity contribution is 6.35. The third-order valence-electron chi connectivity index (χ3n) is 3.20. The fourth-order valence-electron chi connectivity index (χ4n) is 1.98. The predicted molar refractivity (Wildman–Crippen MR) is 78.7 cm³/mol. The Balaban J connectivity index is 1.92. The smallest absolute Gasteiger partial charge is 0.234 e. The van der Waals surface area contributed by atoms with Gasteiger partial charge in [0.1, 0.15) is 0 Å². The van der Waals surface area contributed by atoms with Crippen LogP contribution in [0.5, 0.6) is 0 Å². The Kier molecular flexibility index (Phi) is 5.08. The second-order valence-electron chi connectivity index (χ2n) is 4.85. The third-order valence-corrected chi connectivity index (χ3v) is 3.76. The molecule has 1 amide bonds. The van der Waals surface area contributed by atoms with Gasteiger partial charge in [-0.25, -0.2) is 0 Å². The van der Waals surface area contributed by atoms with Crippen molar-refractivity contribution in [3.05, 3.63) is 33.8 Å². The molecule has 5 heteroatoms. The van der Waals surface area contributed by atoms with Crippen LogP contribution in [0.25, 0.3) is 0 Å². The van der Waals surface area contributed by atoms with Gasteiger partial charge in [-0.2, -0.15) is 0 Å². The van der Waals surface area contributed by atoms with Gasteiger partial charge in [0.2, 0.25) is 5.91 Å². The number of rotatable bonds is 6. The first-order chi connectivity index (χ1) is 9.10. The number of halogens is 2. The van der Waals surface area contributed by atoms with Gasteiger partial charge in [-0.05, 0) is 37.0 Å². The minimum atomic E-state index is 0.0473. The van der Waals surface area contributed by atoms with Crippen molar-refractivity contribution in [1.29, 1.82) is 0 Å². The number of hydrogen-bond acceptors (Lipinski definition) is 2. The Labute approximate surface area is 123 Å². The largest absolute Gasteiger partial charge is 0.352 e. The Morgan fingerprint density at radius 1 is 1.42 bits per heavy atom. The SMILES string of the molecule is CCC(NCC(=O)NC1CC1)c1ccc(Cl)cc1Cl. The number of amides is 1. The molecule has 0 heterocycles. The van der Waals surface area contributed by atoms with Crippen molar-refractivity contribution in [2.24, 2.45) is 0 Å². The van der Waals surface area contributed by atoms with E-state index in [1.807, 2.05) is 12.1 Å². The lowest BCUT2D eigenvalue weighted by Crippen LogP contribution is -2.36. The Hall–Kier alpha value is -0.770. The molecule has 1 saturated carbocycles. The molecule has 0 radical (unpaired) electrons. The van der Waals surface area contributed by atoms with Crippen LogP contribution >= 0.6 is 23.2 Å². The quantitative estimate of drug-likeness (QED) is 0.846. The Morgan fingerprint density at radius 3 is 2.74 bits per heavy atom. The van der Waals surface area contributed by atoms with Crippen molar-refractivity contribution in [1.82, 2.24) is 10.6 Å². The van der Waals surface area contributed by atoms with E-state index in [1.165, 1.54) is 0 Å². The maximum absolute atomic E-state index is 11.7. The molecule has 1 fully saturated rings. The molecular weight excluding hydrogens is 283 g/mol. The molecule has 0 spiro atoms. The minimum absolute atomic E-state index is 0.0473. The van der Waals surface area contributed by atoms with Crippen LogP contribution in [0.15, 0.2) is 18.2 Å². The zero-order valence-corrected chi connectivity index (χ0v) is 12.4. The zero-order valence-electron chi connectivity index (χ0n) is 10.9. The van der Waals surface area contributed by atoms with Gasteiger partial charge in [-0.15, -0.1) is 0 Å². The van der Waals surface area contributed by atoms with Crippen LogP contribution in [0.4, 0.5) is 0 Å². The van der Waals surface area contributed by atoms with Crippen molar-refractivity contribution in [3.63, 3.8) is 0 Å². The molecule has 0 bridgehead atoms. The van der Waals surface area contributed by atoms with Crippen molar-refractivity contribution < 1.29 is 4.79 Å². The molecular formula is C14H18Cl2N2O. The predicted octanol–water partition coefficient (Wildman–Crippen LogP) is 3.31. The van der Waals surface area contributed by atoms with E-state index in [0.29, 0.717) is 22.6 Å². The van der Waals surface area contributed by atoms with Gasteiger partial charge in [0.15, 0.2) is 0 Å². The highest BCUT2D eigenvalue weighted by Gasteiger charge is 2.23. The van der Waals surface area contributed by atoms with Gasteiger partial charge >= 0.3 is 0 Å². The first kappa shape index (κ1) is 14.6. The van der Waals surface area contributed by atoms with Crippen LogP contribution in [0.1, 0.15) is 37.8 Å². The molecule has 0 aromatic heterocycles. The molecule has 1 aromatic carbocycles. The van der Waals surface area contributed by atoms with E-state index in [0.717, 1.165) is 24.8 Å². The average Bonchev–Trinajstić information content (AvgIpc) is 3.16. The lowest BCUT2D eigenvalue weighted by Gasteiger charge is -2.18. The average molecular weight is 301 g/mol. The van der Waals surface area contributed by atoms with Gasteiger partial charge < -0.3 is 10.6 Å². The molecule has 0 aliphatic heterocycles. The summed E-state index contributed by atoms with van der Waals surface area (Å²) < 4.78 is 0. The van der Waals surface area contributed by atoms with Crippen LogP contribution < -0.4 is 10.6 Å². The molecule has 1 unspecified atom stereocenters. The molecule has 1 aliphatic carbocycles. The highest BCUT2D eigenvalue weighted by Crippen LogP contribution is 2.27. The Morgan fingerprint density at radius 2 is 2.16 bits per heavy atom. The molecule has 19 heavy (non-hydrogen) atoms. The summed E-state index contributed by atoms with van der Waals surface area (Å²) in [7, 11) is 0. The van der Waals surface area contributed by atoms with Crippen LogP contribution in [0.3, 0.4) is 0 Å². The van der Waals surface area contributed by atoms with Gasteiger partial charge in [-0.1, -0.05) is 36.2 Å². The second kappa shape index (κ2) is 6.60. The van der Waals surface area contributed by atoms with Gasteiger partial charge in [0.05, 0.1) is 6.54 Å². The van der Waals surface area contributed by atoms with Crippen molar-refractivity contribution in [3.8, 4) is 0 Å². The number of hydrogen-bond donors (Lipinski definition) is 2. The highest BCUT2D eigenvalue weighted by atomic mass is 35.5.